The van der Waals surface area contributed by atoms with Gasteiger partial charge in [-0.1, -0.05) is 0 Å². The molecule has 3 aromatic rings. The molecule has 0 amide bonds. The molecule has 2 aliphatic rings. The zero-order chi connectivity index (χ0) is 32.0. The molecule has 3 atom stereocenters. The molecule has 0 N–H and O–H groups in total. The number of hydrogen-bond donors (Lipinski definition) is 0. The van der Waals surface area contributed by atoms with Gasteiger partial charge in [0.25, 0.3) is 0 Å². The second-order valence-corrected chi connectivity index (χ2v) is 20.6. The summed E-state index contributed by atoms with van der Waals surface area (Å²) in [5.74, 6) is 5.05. The summed E-state index contributed by atoms with van der Waals surface area (Å²) in [6.07, 6.45) is 6.00. The van der Waals surface area contributed by atoms with E-state index in [9.17, 15) is 0 Å². The Kier molecular flexibility index (Phi) is 10.5. The van der Waals surface area contributed by atoms with Crippen molar-refractivity contribution in [3.8, 4) is 22.3 Å². The molecule has 1 heteroatoms. The molecular weight excluding hydrogens is 635 g/mol. The van der Waals surface area contributed by atoms with E-state index in [1.54, 1.807) is 48.1 Å². The van der Waals surface area contributed by atoms with Crippen LogP contribution in [-0.2, 0) is 0 Å². The van der Waals surface area contributed by atoms with Gasteiger partial charge in [0.1, 0.15) is 0 Å². The van der Waals surface area contributed by atoms with Gasteiger partial charge in [0.2, 0.25) is 0 Å². The molecule has 2 radical (unpaired) electrons. The van der Waals surface area contributed by atoms with Crippen molar-refractivity contribution in [2.24, 2.45) is 11.8 Å². The van der Waals surface area contributed by atoms with Crippen molar-refractivity contribution in [1.29, 1.82) is 0 Å². The Bertz CT molecular complexity index is 1310. The van der Waals surface area contributed by atoms with E-state index in [0.717, 1.165) is 15.8 Å². The van der Waals surface area contributed by atoms with Crippen LogP contribution in [0.25, 0.3) is 22.3 Å². The van der Waals surface area contributed by atoms with E-state index in [2.05, 4.69) is 126 Å². The Morgan fingerprint density at radius 2 is 0.932 bits per heavy atom. The van der Waals surface area contributed by atoms with Crippen molar-refractivity contribution in [3.63, 3.8) is 0 Å². The average Bonchev–Trinajstić information content (AvgIpc) is 3.59. The van der Waals surface area contributed by atoms with Crippen LogP contribution >= 0.6 is 0 Å². The summed E-state index contributed by atoms with van der Waals surface area (Å²) in [7, 11) is 0. The van der Waals surface area contributed by atoms with Gasteiger partial charge < -0.3 is 0 Å². The Morgan fingerprint density at radius 1 is 0.523 bits per heavy atom. The Balaban J connectivity index is 1.86. The normalized spacial score (nSPS) is 20.1. The molecule has 2 bridgehead atoms. The molecule has 3 unspecified atom stereocenters. The molecule has 0 spiro atoms. The maximum atomic E-state index is 2.58. The quantitative estimate of drug-likeness (QED) is 0.185. The van der Waals surface area contributed by atoms with Gasteiger partial charge in [0.05, 0.1) is 0 Å². The first kappa shape index (κ1) is 33.8. The van der Waals surface area contributed by atoms with E-state index < -0.39 is 21.1 Å². The second-order valence-electron chi connectivity index (χ2n) is 16.2. The van der Waals surface area contributed by atoms with E-state index in [1.807, 2.05) is 0 Å². The third-order valence-electron chi connectivity index (χ3n) is 10.9. The third-order valence-corrected chi connectivity index (χ3v) is 16.4. The predicted octanol–water partition coefficient (Wildman–Crippen LogP) is 12.7. The van der Waals surface area contributed by atoms with Crippen molar-refractivity contribution in [2.45, 2.75) is 148 Å². The van der Waals surface area contributed by atoms with Gasteiger partial charge in [0, 0.05) is 0 Å². The van der Waals surface area contributed by atoms with Crippen molar-refractivity contribution < 1.29 is 0 Å². The standard InChI is InChI=1S/C36H49.C7H11.Sn/c1-21(2)29-17-31(23(5)6)35(32(18-29)24(7)8)27-14-13-15-28(16-27)36-33(25(9)10)19-30(22(3)4)20-34(36)26(11)12;1-2-7-4-3-6(1)5-7;/h13-15,17-26H,1-12H3;1,6-7H,2-5H2;. The fourth-order valence-electron chi connectivity index (χ4n) is 8.27. The topological polar surface area (TPSA) is 0 Å². The van der Waals surface area contributed by atoms with E-state index in [1.165, 1.54) is 36.8 Å². The molecule has 44 heavy (non-hydrogen) atoms. The maximum absolute atomic E-state index is 2.58. The summed E-state index contributed by atoms with van der Waals surface area (Å²) >= 11 is -0.911. The number of hydrogen-bond acceptors (Lipinski definition) is 0. The van der Waals surface area contributed by atoms with Crippen molar-refractivity contribution in [1.82, 2.24) is 0 Å². The van der Waals surface area contributed by atoms with Crippen LogP contribution in [0.3, 0.4) is 0 Å². The van der Waals surface area contributed by atoms with Gasteiger partial charge in [-0.15, -0.1) is 0 Å². The minimum atomic E-state index is -0.911. The Hall–Kier alpha value is -1.54. The van der Waals surface area contributed by atoms with E-state index >= 15 is 0 Å². The number of fused-ring (bicyclic) bond motifs is 2. The summed E-state index contributed by atoms with van der Waals surface area (Å²) in [4.78, 5) is 0. The van der Waals surface area contributed by atoms with Crippen LogP contribution < -0.4 is 3.58 Å². The van der Waals surface area contributed by atoms with E-state index in [4.69, 9.17) is 0 Å². The van der Waals surface area contributed by atoms with Gasteiger partial charge in [-0.25, -0.2) is 0 Å². The van der Waals surface area contributed by atoms with Crippen LogP contribution in [0, 0.1) is 11.8 Å². The van der Waals surface area contributed by atoms with Crippen molar-refractivity contribution in [3.05, 3.63) is 75.8 Å². The molecule has 5 rings (SSSR count). The van der Waals surface area contributed by atoms with Gasteiger partial charge in [-0.2, -0.15) is 0 Å². The van der Waals surface area contributed by atoms with Gasteiger partial charge >= 0.3 is 283 Å². The molecule has 2 aliphatic carbocycles. The fourth-order valence-corrected chi connectivity index (χ4v) is 14.2. The summed E-state index contributed by atoms with van der Waals surface area (Å²) in [5, 5.41) is 0. The first-order valence-corrected chi connectivity index (χ1v) is 21.1. The summed E-state index contributed by atoms with van der Waals surface area (Å²) < 4.78 is 2.79. The molecular formula is C43H60Sn. The minimum absolute atomic E-state index is 0.494. The first-order chi connectivity index (χ1) is 20.8. The summed E-state index contributed by atoms with van der Waals surface area (Å²) in [6, 6.07) is 17.8. The van der Waals surface area contributed by atoms with Crippen LogP contribution in [0.1, 0.15) is 178 Å². The molecule has 0 saturated heterocycles. The van der Waals surface area contributed by atoms with Crippen LogP contribution in [0.5, 0.6) is 0 Å². The van der Waals surface area contributed by atoms with Gasteiger partial charge in [-0.3, -0.25) is 0 Å². The third kappa shape index (κ3) is 6.63. The Morgan fingerprint density at radius 3 is 1.23 bits per heavy atom. The number of rotatable bonds is 10. The average molecular weight is 696 g/mol. The zero-order valence-electron chi connectivity index (χ0n) is 30.1. The molecule has 0 nitrogen and oxygen atoms in total. The van der Waals surface area contributed by atoms with Gasteiger partial charge in [0.15, 0.2) is 0 Å². The summed E-state index contributed by atoms with van der Waals surface area (Å²) in [6.45, 7) is 28.8. The predicted molar refractivity (Wildman–Crippen MR) is 196 cm³/mol. The van der Waals surface area contributed by atoms with Crippen molar-refractivity contribution in [2.75, 3.05) is 0 Å². The van der Waals surface area contributed by atoms with Crippen molar-refractivity contribution >= 4 is 24.7 Å². The summed E-state index contributed by atoms with van der Waals surface area (Å²) in [5.41, 5.74) is 15.6. The van der Waals surface area contributed by atoms with Gasteiger partial charge in [-0.05, 0) is 0 Å². The molecule has 0 aliphatic heterocycles. The zero-order valence-corrected chi connectivity index (χ0v) is 32.9. The molecule has 2 saturated carbocycles. The van der Waals surface area contributed by atoms with Crippen LogP contribution in [0.4, 0.5) is 0 Å². The van der Waals surface area contributed by atoms with Crippen LogP contribution in [-0.4, -0.2) is 21.1 Å². The SMILES string of the molecule is CC(C)c1cc(C(C)C)c(-c2cccc(-c3c(C(C)C)cc(C(C)C)cc3C(C)C)[c]2[Sn][CH]2CC3CCC2C3)c(C(C)C)c1. The van der Waals surface area contributed by atoms with E-state index in [-0.39, 0.29) is 0 Å². The molecule has 236 valence electrons. The molecule has 0 heterocycles. The fraction of sp³-hybridized carbons (Fsp3) is 0.581. The monoisotopic (exact) mass is 696 g/mol. The molecule has 3 aromatic carbocycles. The number of benzene rings is 3. The first-order valence-electron chi connectivity index (χ1n) is 18.0. The van der Waals surface area contributed by atoms with E-state index in [0.29, 0.717) is 35.5 Å². The van der Waals surface area contributed by atoms with Crippen LogP contribution in [0.15, 0.2) is 42.5 Å². The molecule has 0 aromatic heterocycles. The van der Waals surface area contributed by atoms with Crippen LogP contribution in [0.2, 0.25) is 3.93 Å². The molecule has 2 fully saturated rings. The second kappa shape index (κ2) is 13.7. The Labute approximate surface area is 281 Å².